The van der Waals surface area contributed by atoms with E-state index in [2.05, 4.69) is 15.9 Å². The standard InChI is InChI=1S/C9H15BrO6/c1-8(2)14-4-5(7(10)11)15-9(12,13-3)6(4)16-8/h4-7,11-12H,1-3H3/t4-,5+,6-,7?,9?/m0/s1. The molecule has 2 saturated heterocycles. The van der Waals surface area contributed by atoms with Gasteiger partial charge < -0.3 is 29.2 Å². The van der Waals surface area contributed by atoms with Crippen LogP contribution in [-0.2, 0) is 18.9 Å². The number of halogens is 1. The zero-order chi connectivity index (χ0) is 12.1. The lowest BCUT2D eigenvalue weighted by atomic mass is 10.1. The molecule has 2 rings (SSSR count). The number of ether oxygens (including phenoxy) is 4. The van der Waals surface area contributed by atoms with Crippen molar-refractivity contribution in [3.05, 3.63) is 0 Å². The first kappa shape index (κ1) is 12.7. The fraction of sp³-hybridized carbons (Fsp3) is 1.00. The Balaban J connectivity index is 2.26. The van der Waals surface area contributed by atoms with Crippen LogP contribution in [0.1, 0.15) is 13.8 Å². The largest absolute Gasteiger partial charge is 0.379 e. The smallest absolute Gasteiger partial charge is 0.311 e. The summed E-state index contributed by atoms with van der Waals surface area (Å²) < 4.78 is 21.2. The summed E-state index contributed by atoms with van der Waals surface area (Å²) in [5.74, 6) is -2.73. The van der Waals surface area contributed by atoms with Crippen LogP contribution in [0.2, 0.25) is 0 Å². The van der Waals surface area contributed by atoms with Crippen LogP contribution < -0.4 is 0 Å². The highest BCUT2D eigenvalue weighted by atomic mass is 79.9. The lowest BCUT2D eigenvalue weighted by Gasteiger charge is -2.28. The van der Waals surface area contributed by atoms with Gasteiger partial charge in [0.15, 0.2) is 11.9 Å². The number of hydrogen-bond acceptors (Lipinski definition) is 6. The van der Waals surface area contributed by atoms with Crippen molar-refractivity contribution < 1.29 is 29.2 Å². The molecule has 2 N–H and O–H groups in total. The van der Waals surface area contributed by atoms with Gasteiger partial charge in [-0.2, -0.15) is 0 Å². The van der Waals surface area contributed by atoms with E-state index in [1.807, 2.05) is 0 Å². The van der Waals surface area contributed by atoms with Crippen LogP contribution in [-0.4, -0.2) is 52.4 Å². The molecule has 0 aromatic heterocycles. The number of aliphatic hydroxyl groups is 2. The number of aliphatic hydroxyl groups excluding tert-OH is 1. The molecular formula is C9H15BrO6. The minimum absolute atomic E-state index is 0.589. The fourth-order valence-electron chi connectivity index (χ4n) is 2.02. The molecular weight excluding hydrogens is 284 g/mol. The molecule has 2 unspecified atom stereocenters. The van der Waals surface area contributed by atoms with Crippen molar-refractivity contribution in [1.82, 2.24) is 0 Å². The third kappa shape index (κ3) is 1.90. The molecule has 5 atom stereocenters. The van der Waals surface area contributed by atoms with Crippen LogP contribution in [0.5, 0.6) is 0 Å². The van der Waals surface area contributed by atoms with Gasteiger partial charge in [0.2, 0.25) is 0 Å². The van der Waals surface area contributed by atoms with Gasteiger partial charge in [-0.1, -0.05) is 15.9 Å². The maximum absolute atomic E-state index is 10.0. The van der Waals surface area contributed by atoms with Gasteiger partial charge in [0.05, 0.1) is 0 Å². The van der Waals surface area contributed by atoms with E-state index in [9.17, 15) is 10.2 Å². The van der Waals surface area contributed by atoms with E-state index in [4.69, 9.17) is 18.9 Å². The summed E-state index contributed by atoms with van der Waals surface area (Å²) in [5.41, 5.74) is 0. The zero-order valence-corrected chi connectivity index (χ0v) is 10.8. The van der Waals surface area contributed by atoms with Crippen LogP contribution in [0.15, 0.2) is 0 Å². The predicted molar refractivity (Wildman–Crippen MR) is 55.6 cm³/mol. The average Bonchev–Trinajstić information content (AvgIpc) is 2.61. The Hall–Kier alpha value is 0.240. The molecule has 2 aliphatic heterocycles. The van der Waals surface area contributed by atoms with Crippen LogP contribution >= 0.6 is 15.9 Å². The Labute approximate surface area is 102 Å². The monoisotopic (exact) mass is 298 g/mol. The second kappa shape index (κ2) is 3.88. The Morgan fingerprint density at radius 1 is 1.31 bits per heavy atom. The van der Waals surface area contributed by atoms with Gasteiger partial charge in [-0.3, -0.25) is 0 Å². The Morgan fingerprint density at radius 2 is 1.94 bits per heavy atom. The molecule has 7 heteroatoms. The van der Waals surface area contributed by atoms with Crippen molar-refractivity contribution in [2.75, 3.05) is 7.11 Å². The highest BCUT2D eigenvalue weighted by Gasteiger charge is 2.64. The van der Waals surface area contributed by atoms with Crippen molar-refractivity contribution in [3.8, 4) is 0 Å². The van der Waals surface area contributed by atoms with E-state index in [0.717, 1.165) is 0 Å². The van der Waals surface area contributed by atoms with Crippen molar-refractivity contribution in [2.24, 2.45) is 0 Å². The second-order valence-corrected chi connectivity index (χ2v) is 5.25. The molecule has 0 aromatic carbocycles. The lowest BCUT2D eigenvalue weighted by molar-refractivity contribution is -0.383. The number of methoxy groups -OCH3 is 1. The average molecular weight is 299 g/mol. The lowest BCUT2D eigenvalue weighted by Crippen LogP contribution is -2.44. The summed E-state index contributed by atoms with van der Waals surface area (Å²) in [5, 5.41) is 18.6. The first-order chi connectivity index (χ1) is 7.29. The minimum atomic E-state index is -1.89. The summed E-state index contributed by atoms with van der Waals surface area (Å²) >= 11 is 2.98. The van der Waals surface area contributed by atoms with E-state index >= 15 is 0 Å². The Morgan fingerprint density at radius 3 is 2.44 bits per heavy atom. The first-order valence-electron chi connectivity index (χ1n) is 4.92. The number of hydrogen-bond donors (Lipinski definition) is 2. The van der Waals surface area contributed by atoms with Crippen molar-refractivity contribution in [2.45, 2.75) is 48.9 Å². The van der Waals surface area contributed by atoms with Gasteiger partial charge in [-0.05, 0) is 13.8 Å². The fourth-order valence-corrected chi connectivity index (χ4v) is 2.43. The van der Waals surface area contributed by atoms with E-state index < -0.39 is 35.1 Å². The van der Waals surface area contributed by atoms with Crippen LogP contribution in [0.3, 0.4) is 0 Å². The number of fused-ring (bicyclic) bond motifs is 1. The third-order valence-electron chi connectivity index (χ3n) is 2.68. The quantitative estimate of drug-likeness (QED) is 0.548. The molecule has 0 radical (unpaired) electrons. The summed E-state index contributed by atoms with van der Waals surface area (Å²) in [7, 11) is 1.30. The molecule has 0 aromatic rings. The van der Waals surface area contributed by atoms with Crippen molar-refractivity contribution >= 4 is 15.9 Å². The summed E-state index contributed by atoms with van der Waals surface area (Å²) in [6.45, 7) is 3.44. The van der Waals surface area contributed by atoms with E-state index in [0.29, 0.717) is 0 Å². The third-order valence-corrected chi connectivity index (χ3v) is 3.20. The molecule has 6 nitrogen and oxygen atoms in total. The summed E-state index contributed by atoms with van der Waals surface area (Å²) in [6.07, 6.45) is -2.13. The maximum atomic E-state index is 10.0. The van der Waals surface area contributed by atoms with Gasteiger partial charge in [0.25, 0.3) is 0 Å². The van der Waals surface area contributed by atoms with Gasteiger partial charge in [0, 0.05) is 7.11 Å². The molecule has 2 heterocycles. The van der Waals surface area contributed by atoms with Crippen LogP contribution in [0.25, 0.3) is 0 Å². The zero-order valence-electron chi connectivity index (χ0n) is 9.21. The van der Waals surface area contributed by atoms with Crippen molar-refractivity contribution in [1.29, 1.82) is 0 Å². The predicted octanol–water partition coefficient (Wildman–Crippen LogP) is -0.0889. The van der Waals surface area contributed by atoms with Crippen LogP contribution in [0.4, 0.5) is 0 Å². The molecule has 2 aliphatic rings. The SMILES string of the molecule is COC1(O)O[C@@H](C(O)Br)[C@@H]2OC(C)(C)O[C@@H]21. The normalized spacial score (nSPS) is 48.0. The molecule has 0 amide bonds. The van der Waals surface area contributed by atoms with Crippen LogP contribution in [0, 0.1) is 0 Å². The summed E-state index contributed by atoms with van der Waals surface area (Å²) in [6, 6.07) is 0. The second-order valence-electron chi connectivity index (χ2n) is 4.31. The molecule has 0 aliphatic carbocycles. The summed E-state index contributed by atoms with van der Waals surface area (Å²) in [4.78, 5) is 0. The van der Waals surface area contributed by atoms with Crippen molar-refractivity contribution in [3.63, 3.8) is 0 Å². The molecule has 0 saturated carbocycles. The number of alkyl halides is 1. The van der Waals surface area contributed by atoms with Gasteiger partial charge in [-0.25, -0.2) is 0 Å². The first-order valence-corrected chi connectivity index (χ1v) is 5.84. The maximum Gasteiger partial charge on any atom is 0.311 e. The molecule has 16 heavy (non-hydrogen) atoms. The highest BCUT2D eigenvalue weighted by molar-refractivity contribution is 9.09. The van der Waals surface area contributed by atoms with E-state index in [1.54, 1.807) is 13.8 Å². The molecule has 94 valence electrons. The Kier molecular flexibility index (Phi) is 3.07. The van der Waals surface area contributed by atoms with Gasteiger partial charge >= 0.3 is 5.97 Å². The highest BCUT2D eigenvalue weighted by Crippen LogP contribution is 2.44. The van der Waals surface area contributed by atoms with Gasteiger partial charge in [0.1, 0.15) is 17.2 Å². The van der Waals surface area contributed by atoms with E-state index in [1.165, 1.54) is 7.11 Å². The molecule has 2 fully saturated rings. The van der Waals surface area contributed by atoms with E-state index in [-0.39, 0.29) is 0 Å². The Bertz CT molecular complexity index is 283. The minimum Gasteiger partial charge on any atom is -0.379 e. The van der Waals surface area contributed by atoms with Gasteiger partial charge in [-0.15, -0.1) is 0 Å². The molecule has 0 bridgehead atoms. The molecule has 0 spiro atoms. The number of rotatable bonds is 2. The topological polar surface area (TPSA) is 77.4 Å².